The second kappa shape index (κ2) is 4.44. The van der Waals surface area contributed by atoms with Gasteiger partial charge in [-0.25, -0.2) is 8.78 Å². The second-order valence-corrected chi connectivity index (χ2v) is 3.26. The fourth-order valence-electron chi connectivity index (χ4n) is 1.27. The average molecular weight is 218 g/mol. The zero-order valence-corrected chi connectivity index (χ0v) is 8.42. The van der Waals surface area contributed by atoms with Crippen LogP contribution in [0.15, 0.2) is 6.07 Å². The largest absolute Gasteiger partial charge is 0.505 e. The SMILES string of the molecule is COc1cc(O)c(F)c(CC(C)O)c1F. The van der Waals surface area contributed by atoms with Crippen molar-refractivity contribution >= 4 is 0 Å². The highest BCUT2D eigenvalue weighted by Gasteiger charge is 2.19. The Morgan fingerprint density at radius 2 is 2.00 bits per heavy atom. The summed E-state index contributed by atoms with van der Waals surface area (Å²) in [5.74, 6) is -2.89. The lowest BCUT2D eigenvalue weighted by Crippen LogP contribution is -2.09. The topological polar surface area (TPSA) is 49.7 Å². The van der Waals surface area contributed by atoms with Gasteiger partial charge in [0.05, 0.1) is 13.2 Å². The molecule has 3 nitrogen and oxygen atoms in total. The molecule has 5 heteroatoms. The first-order valence-electron chi connectivity index (χ1n) is 4.39. The van der Waals surface area contributed by atoms with Crippen LogP contribution in [0.5, 0.6) is 11.5 Å². The first-order valence-corrected chi connectivity index (χ1v) is 4.39. The van der Waals surface area contributed by atoms with Crippen LogP contribution < -0.4 is 4.74 Å². The van der Waals surface area contributed by atoms with Gasteiger partial charge >= 0.3 is 0 Å². The first-order chi connectivity index (χ1) is 6.97. The maximum Gasteiger partial charge on any atom is 0.171 e. The van der Waals surface area contributed by atoms with Crippen LogP contribution in [-0.2, 0) is 6.42 Å². The highest BCUT2D eigenvalue weighted by molar-refractivity contribution is 5.41. The van der Waals surface area contributed by atoms with Gasteiger partial charge in [-0.3, -0.25) is 0 Å². The van der Waals surface area contributed by atoms with Gasteiger partial charge in [-0.15, -0.1) is 0 Å². The third-order valence-electron chi connectivity index (χ3n) is 1.96. The first kappa shape index (κ1) is 11.7. The quantitative estimate of drug-likeness (QED) is 0.810. The summed E-state index contributed by atoms with van der Waals surface area (Å²) in [4.78, 5) is 0. The van der Waals surface area contributed by atoms with Gasteiger partial charge in [-0.2, -0.15) is 0 Å². The molecular formula is C10H12F2O3. The molecule has 1 aromatic carbocycles. The van der Waals surface area contributed by atoms with Crippen LogP contribution in [0.25, 0.3) is 0 Å². The third kappa shape index (κ3) is 2.36. The summed E-state index contributed by atoms with van der Waals surface area (Å²) in [6.07, 6.45) is -1.12. The van der Waals surface area contributed by atoms with E-state index in [-0.39, 0.29) is 17.7 Å². The van der Waals surface area contributed by atoms with Crippen LogP contribution in [0.3, 0.4) is 0 Å². The number of aliphatic hydroxyl groups excluding tert-OH is 1. The lowest BCUT2D eigenvalue weighted by Gasteiger charge is -2.11. The van der Waals surface area contributed by atoms with E-state index in [0.29, 0.717) is 0 Å². The van der Waals surface area contributed by atoms with Crippen molar-refractivity contribution in [2.24, 2.45) is 0 Å². The Bertz CT molecular complexity index is 364. The highest BCUT2D eigenvalue weighted by Crippen LogP contribution is 2.31. The summed E-state index contributed by atoms with van der Waals surface area (Å²) in [7, 11) is 1.21. The number of aliphatic hydroxyl groups is 1. The number of methoxy groups -OCH3 is 1. The van der Waals surface area contributed by atoms with Gasteiger partial charge in [0.25, 0.3) is 0 Å². The summed E-state index contributed by atoms with van der Waals surface area (Å²) in [5, 5.41) is 18.2. The molecule has 0 aliphatic rings. The number of hydrogen-bond acceptors (Lipinski definition) is 3. The molecule has 1 aromatic rings. The van der Waals surface area contributed by atoms with Crippen molar-refractivity contribution in [2.45, 2.75) is 19.4 Å². The van der Waals surface area contributed by atoms with Gasteiger partial charge in [0.1, 0.15) is 0 Å². The molecule has 0 saturated heterocycles. The van der Waals surface area contributed by atoms with E-state index in [0.717, 1.165) is 6.07 Å². The van der Waals surface area contributed by atoms with E-state index in [2.05, 4.69) is 4.74 Å². The van der Waals surface area contributed by atoms with Gasteiger partial charge in [-0.05, 0) is 6.92 Å². The number of phenolic OH excluding ortho intramolecular Hbond substituents is 1. The van der Waals surface area contributed by atoms with Crippen molar-refractivity contribution in [1.29, 1.82) is 0 Å². The number of halogens is 2. The Morgan fingerprint density at radius 3 is 2.47 bits per heavy atom. The molecule has 2 N–H and O–H groups in total. The molecule has 1 atom stereocenters. The van der Waals surface area contributed by atoms with E-state index in [4.69, 9.17) is 10.2 Å². The van der Waals surface area contributed by atoms with Crippen molar-refractivity contribution in [3.8, 4) is 11.5 Å². The summed E-state index contributed by atoms with van der Waals surface area (Å²) >= 11 is 0. The van der Waals surface area contributed by atoms with Gasteiger partial charge in [0.2, 0.25) is 0 Å². The van der Waals surface area contributed by atoms with Crippen molar-refractivity contribution in [1.82, 2.24) is 0 Å². The lowest BCUT2D eigenvalue weighted by molar-refractivity contribution is 0.191. The summed E-state index contributed by atoms with van der Waals surface area (Å²) in [5.41, 5.74) is -0.373. The highest BCUT2D eigenvalue weighted by atomic mass is 19.1. The third-order valence-corrected chi connectivity index (χ3v) is 1.96. The van der Waals surface area contributed by atoms with E-state index in [1.54, 1.807) is 0 Å². The van der Waals surface area contributed by atoms with Crippen LogP contribution in [0.1, 0.15) is 12.5 Å². The van der Waals surface area contributed by atoms with Crippen LogP contribution in [0.4, 0.5) is 8.78 Å². The molecule has 15 heavy (non-hydrogen) atoms. The summed E-state index contributed by atoms with van der Waals surface area (Å²) in [6.45, 7) is 1.40. The van der Waals surface area contributed by atoms with Crippen molar-refractivity contribution in [3.63, 3.8) is 0 Å². The smallest absolute Gasteiger partial charge is 0.171 e. The molecular weight excluding hydrogens is 206 g/mol. The predicted molar refractivity (Wildman–Crippen MR) is 50.0 cm³/mol. The maximum atomic E-state index is 13.5. The number of rotatable bonds is 3. The van der Waals surface area contributed by atoms with Crippen molar-refractivity contribution in [2.75, 3.05) is 7.11 Å². The van der Waals surface area contributed by atoms with Gasteiger partial charge in [0, 0.05) is 18.1 Å². The normalized spacial score (nSPS) is 12.6. The van der Waals surface area contributed by atoms with Crippen molar-refractivity contribution < 1.29 is 23.7 Å². The number of ether oxygens (including phenoxy) is 1. The molecule has 0 bridgehead atoms. The van der Waals surface area contributed by atoms with Crippen LogP contribution in [0.2, 0.25) is 0 Å². The number of phenols is 1. The maximum absolute atomic E-state index is 13.5. The standard InChI is InChI=1S/C10H12F2O3/c1-5(13)3-6-9(11)7(14)4-8(15-2)10(6)12/h4-5,13-14H,3H2,1-2H3. The molecule has 84 valence electrons. The Balaban J connectivity index is 3.27. The zero-order valence-electron chi connectivity index (χ0n) is 8.42. The molecule has 0 fully saturated rings. The average Bonchev–Trinajstić information content (AvgIpc) is 2.18. The Hall–Kier alpha value is -1.36. The molecule has 0 aliphatic heterocycles. The molecule has 0 heterocycles. The minimum atomic E-state index is -1.06. The molecule has 0 aliphatic carbocycles. The van der Waals surface area contributed by atoms with Gasteiger partial charge in [-0.1, -0.05) is 0 Å². The zero-order chi connectivity index (χ0) is 11.6. The van der Waals surface area contributed by atoms with E-state index in [1.165, 1.54) is 14.0 Å². The monoisotopic (exact) mass is 218 g/mol. The molecule has 0 spiro atoms. The van der Waals surface area contributed by atoms with Crippen LogP contribution in [-0.4, -0.2) is 23.4 Å². The van der Waals surface area contributed by atoms with Gasteiger partial charge < -0.3 is 14.9 Å². The number of aromatic hydroxyl groups is 1. The van der Waals surface area contributed by atoms with E-state index in [9.17, 15) is 8.78 Å². The van der Waals surface area contributed by atoms with Crippen molar-refractivity contribution in [3.05, 3.63) is 23.3 Å². The molecule has 1 rings (SSSR count). The second-order valence-electron chi connectivity index (χ2n) is 3.26. The van der Waals surface area contributed by atoms with Gasteiger partial charge in [0.15, 0.2) is 23.1 Å². The fourth-order valence-corrected chi connectivity index (χ4v) is 1.27. The lowest BCUT2D eigenvalue weighted by atomic mass is 10.1. The van der Waals surface area contributed by atoms with E-state index in [1.807, 2.05) is 0 Å². The molecule has 1 unspecified atom stereocenters. The number of benzene rings is 1. The Kier molecular flexibility index (Phi) is 3.47. The van der Waals surface area contributed by atoms with E-state index >= 15 is 0 Å². The molecule has 0 saturated carbocycles. The molecule has 0 amide bonds. The minimum Gasteiger partial charge on any atom is -0.505 e. The van der Waals surface area contributed by atoms with E-state index < -0.39 is 23.5 Å². The van der Waals surface area contributed by atoms with Crippen LogP contribution in [0, 0.1) is 11.6 Å². The predicted octanol–water partition coefficient (Wildman–Crippen LogP) is 1.60. The Morgan fingerprint density at radius 1 is 1.40 bits per heavy atom. The number of hydrogen-bond donors (Lipinski definition) is 2. The minimum absolute atomic E-state index is 0.220. The Labute approximate surface area is 85.9 Å². The summed E-state index contributed by atoms with van der Waals surface area (Å²) < 4.78 is 31.4. The van der Waals surface area contributed by atoms with Crippen LogP contribution >= 0.6 is 0 Å². The molecule has 0 radical (unpaired) electrons. The summed E-state index contributed by atoms with van der Waals surface area (Å²) in [6, 6.07) is 0.857. The molecule has 0 aromatic heterocycles. The fraction of sp³-hybridized carbons (Fsp3) is 0.400.